The van der Waals surface area contributed by atoms with E-state index < -0.39 is 11.7 Å². The molecule has 4 heteroatoms. The number of ether oxygens (including phenoxy) is 1. The van der Waals surface area contributed by atoms with E-state index in [1.807, 2.05) is 51.1 Å². The number of nitrogens with zero attached hydrogens (tertiary/aromatic N) is 1. The maximum absolute atomic E-state index is 11.8. The van der Waals surface area contributed by atoms with Crippen LogP contribution in [0.2, 0.25) is 0 Å². The fraction of sp³-hybridized carbons (Fsp3) is 0.533. The SMILES string of the molecule is CC(C)(C)OC(=O)N1CC(C(O)c2ccccc2)C1. The number of aliphatic hydroxyl groups is 1. The Kier molecular flexibility index (Phi) is 3.80. The van der Waals surface area contributed by atoms with Gasteiger partial charge in [0.1, 0.15) is 5.60 Å². The van der Waals surface area contributed by atoms with E-state index in [0.717, 1.165) is 5.56 Å². The summed E-state index contributed by atoms with van der Waals surface area (Å²) < 4.78 is 5.28. The molecule has 0 aliphatic carbocycles. The Hall–Kier alpha value is -1.55. The van der Waals surface area contributed by atoms with Crippen LogP contribution in [0.3, 0.4) is 0 Å². The number of benzene rings is 1. The average molecular weight is 263 g/mol. The molecule has 1 saturated heterocycles. The van der Waals surface area contributed by atoms with Gasteiger partial charge >= 0.3 is 6.09 Å². The highest BCUT2D eigenvalue weighted by molar-refractivity contribution is 5.69. The molecule has 19 heavy (non-hydrogen) atoms. The van der Waals surface area contributed by atoms with Crippen LogP contribution in [0.1, 0.15) is 32.4 Å². The smallest absolute Gasteiger partial charge is 0.410 e. The van der Waals surface area contributed by atoms with Crippen molar-refractivity contribution in [2.75, 3.05) is 13.1 Å². The van der Waals surface area contributed by atoms with E-state index in [9.17, 15) is 9.90 Å². The van der Waals surface area contributed by atoms with E-state index in [4.69, 9.17) is 4.74 Å². The normalized spacial score (nSPS) is 17.8. The minimum absolute atomic E-state index is 0.0925. The van der Waals surface area contributed by atoms with Crippen LogP contribution in [0, 0.1) is 5.92 Å². The third kappa shape index (κ3) is 3.47. The van der Waals surface area contributed by atoms with Gasteiger partial charge in [-0.05, 0) is 26.3 Å². The summed E-state index contributed by atoms with van der Waals surface area (Å²) in [7, 11) is 0. The maximum atomic E-state index is 11.8. The summed E-state index contributed by atoms with van der Waals surface area (Å²) in [4.78, 5) is 13.4. The Labute approximate surface area is 114 Å². The van der Waals surface area contributed by atoms with Gasteiger partial charge in [0.05, 0.1) is 6.10 Å². The zero-order valence-corrected chi connectivity index (χ0v) is 11.7. The van der Waals surface area contributed by atoms with Gasteiger partial charge < -0.3 is 14.7 Å². The van der Waals surface area contributed by atoms with Crippen molar-refractivity contribution in [1.82, 2.24) is 4.90 Å². The Morgan fingerprint density at radius 1 is 1.32 bits per heavy atom. The second-order valence-corrected chi connectivity index (χ2v) is 6.00. The van der Waals surface area contributed by atoms with Crippen LogP contribution in [0.15, 0.2) is 30.3 Å². The van der Waals surface area contributed by atoms with Gasteiger partial charge in [-0.3, -0.25) is 0 Å². The average Bonchev–Trinajstić information content (AvgIpc) is 2.25. The number of amides is 1. The maximum Gasteiger partial charge on any atom is 0.410 e. The summed E-state index contributed by atoms with van der Waals surface area (Å²) in [6.07, 6.45) is -0.816. The van der Waals surface area contributed by atoms with Crippen LogP contribution in [-0.4, -0.2) is 34.8 Å². The fourth-order valence-corrected chi connectivity index (χ4v) is 2.11. The van der Waals surface area contributed by atoms with Gasteiger partial charge in [0.2, 0.25) is 0 Å². The third-order valence-electron chi connectivity index (χ3n) is 3.15. The molecule has 104 valence electrons. The number of aliphatic hydroxyl groups excluding tert-OH is 1. The van der Waals surface area contributed by atoms with Crippen LogP contribution in [0.4, 0.5) is 4.79 Å². The quantitative estimate of drug-likeness (QED) is 0.892. The van der Waals surface area contributed by atoms with Crippen molar-refractivity contribution in [3.05, 3.63) is 35.9 Å². The number of carbonyl (C=O) groups excluding carboxylic acids is 1. The van der Waals surface area contributed by atoms with E-state index in [1.54, 1.807) is 4.90 Å². The molecular weight excluding hydrogens is 242 g/mol. The largest absolute Gasteiger partial charge is 0.444 e. The summed E-state index contributed by atoms with van der Waals surface area (Å²) in [5, 5.41) is 10.2. The molecule has 1 N–H and O–H groups in total. The Morgan fingerprint density at radius 3 is 2.42 bits per heavy atom. The molecule has 0 radical (unpaired) electrons. The van der Waals surface area contributed by atoms with Gasteiger partial charge in [-0.2, -0.15) is 0 Å². The van der Waals surface area contributed by atoms with Gasteiger partial charge in [-0.1, -0.05) is 30.3 Å². The summed E-state index contributed by atoms with van der Waals surface area (Å²) >= 11 is 0. The van der Waals surface area contributed by atoms with Gasteiger partial charge in [0, 0.05) is 19.0 Å². The zero-order chi connectivity index (χ0) is 14.0. The molecule has 1 heterocycles. The Bertz CT molecular complexity index is 432. The molecule has 1 aromatic rings. The minimum atomic E-state index is -0.514. The molecule has 1 fully saturated rings. The molecule has 4 nitrogen and oxygen atoms in total. The number of carbonyl (C=O) groups is 1. The second-order valence-electron chi connectivity index (χ2n) is 6.00. The van der Waals surface area contributed by atoms with Gasteiger partial charge in [0.25, 0.3) is 0 Å². The van der Waals surface area contributed by atoms with Crippen molar-refractivity contribution in [3.63, 3.8) is 0 Å². The molecule has 1 aromatic carbocycles. The number of rotatable bonds is 2. The summed E-state index contributed by atoms with van der Waals surface area (Å²) in [5.41, 5.74) is 0.427. The predicted molar refractivity (Wildman–Crippen MR) is 72.7 cm³/mol. The molecule has 0 bridgehead atoms. The summed E-state index contributed by atoms with van der Waals surface area (Å²) in [5.74, 6) is 0.0925. The van der Waals surface area contributed by atoms with E-state index >= 15 is 0 Å². The third-order valence-corrected chi connectivity index (χ3v) is 3.15. The predicted octanol–water partition coefficient (Wildman–Crippen LogP) is 2.59. The van der Waals surface area contributed by atoms with Crippen LogP contribution in [0.25, 0.3) is 0 Å². The lowest BCUT2D eigenvalue weighted by atomic mass is 9.89. The van der Waals surface area contributed by atoms with Crippen LogP contribution >= 0.6 is 0 Å². The van der Waals surface area contributed by atoms with E-state index in [2.05, 4.69) is 0 Å². The zero-order valence-electron chi connectivity index (χ0n) is 11.7. The number of hydrogen-bond acceptors (Lipinski definition) is 3. The first kappa shape index (κ1) is 13.9. The Balaban J connectivity index is 1.85. The molecule has 1 aliphatic rings. The second kappa shape index (κ2) is 5.21. The molecule has 0 aromatic heterocycles. The van der Waals surface area contributed by atoms with Crippen molar-refractivity contribution < 1.29 is 14.6 Å². The summed E-state index contributed by atoms with van der Waals surface area (Å²) in [6.45, 7) is 6.64. The topological polar surface area (TPSA) is 49.8 Å². The van der Waals surface area contributed by atoms with Crippen LogP contribution < -0.4 is 0 Å². The summed E-state index contributed by atoms with van der Waals surface area (Å²) in [6, 6.07) is 9.54. The lowest BCUT2D eigenvalue weighted by molar-refractivity contribution is -0.0314. The fourth-order valence-electron chi connectivity index (χ4n) is 2.11. The van der Waals surface area contributed by atoms with Gasteiger partial charge in [-0.15, -0.1) is 0 Å². The van der Waals surface area contributed by atoms with Crippen molar-refractivity contribution in [2.24, 2.45) is 5.92 Å². The monoisotopic (exact) mass is 263 g/mol. The van der Waals surface area contributed by atoms with Crippen molar-refractivity contribution in [3.8, 4) is 0 Å². The van der Waals surface area contributed by atoms with Crippen molar-refractivity contribution >= 4 is 6.09 Å². The van der Waals surface area contributed by atoms with Crippen molar-refractivity contribution in [2.45, 2.75) is 32.5 Å². The lowest BCUT2D eigenvalue weighted by Crippen LogP contribution is -2.53. The van der Waals surface area contributed by atoms with E-state index in [-0.39, 0.29) is 12.0 Å². The highest BCUT2D eigenvalue weighted by atomic mass is 16.6. The molecule has 0 saturated carbocycles. The van der Waals surface area contributed by atoms with E-state index in [1.165, 1.54) is 0 Å². The minimum Gasteiger partial charge on any atom is -0.444 e. The van der Waals surface area contributed by atoms with Crippen molar-refractivity contribution in [1.29, 1.82) is 0 Å². The molecule has 1 amide bonds. The number of likely N-dealkylation sites (tertiary alicyclic amines) is 1. The molecule has 1 unspecified atom stereocenters. The first-order chi connectivity index (χ1) is 8.87. The van der Waals surface area contributed by atoms with Gasteiger partial charge in [-0.25, -0.2) is 4.79 Å². The number of hydrogen-bond donors (Lipinski definition) is 1. The molecule has 0 spiro atoms. The molecule has 1 atom stereocenters. The highest BCUT2D eigenvalue weighted by Gasteiger charge is 2.37. The highest BCUT2D eigenvalue weighted by Crippen LogP contribution is 2.30. The standard InChI is InChI=1S/C15H21NO3/c1-15(2,3)19-14(18)16-9-12(10-16)13(17)11-7-5-4-6-8-11/h4-8,12-13,17H,9-10H2,1-3H3. The first-order valence-electron chi connectivity index (χ1n) is 6.58. The lowest BCUT2D eigenvalue weighted by Gasteiger charge is -2.42. The van der Waals surface area contributed by atoms with E-state index in [0.29, 0.717) is 13.1 Å². The first-order valence-corrected chi connectivity index (χ1v) is 6.58. The molecule has 2 rings (SSSR count). The Morgan fingerprint density at radius 2 is 1.89 bits per heavy atom. The van der Waals surface area contributed by atoms with Gasteiger partial charge in [0.15, 0.2) is 0 Å². The van der Waals surface area contributed by atoms with Crippen LogP contribution in [0.5, 0.6) is 0 Å². The molecule has 1 aliphatic heterocycles. The molecular formula is C15H21NO3. The van der Waals surface area contributed by atoms with Crippen LogP contribution in [-0.2, 0) is 4.74 Å².